The molecule has 15 heavy (non-hydrogen) atoms. The Labute approximate surface area is 101 Å². The van der Waals surface area contributed by atoms with Crippen molar-refractivity contribution in [2.24, 2.45) is 11.7 Å². The van der Waals surface area contributed by atoms with E-state index in [2.05, 4.69) is 59.1 Å². The molecule has 0 aliphatic carbocycles. The third-order valence-corrected chi connectivity index (χ3v) is 3.16. The van der Waals surface area contributed by atoms with Gasteiger partial charge < -0.3 is 10.6 Å². The van der Waals surface area contributed by atoms with E-state index in [4.69, 9.17) is 5.73 Å². The number of hydrogen-bond acceptors (Lipinski definition) is 2. The van der Waals surface area contributed by atoms with E-state index in [0.717, 1.165) is 24.0 Å². The summed E-state index contributed by atoms with van der Waals surface area (Å²) in [4.78, 5) is 2.26. The first-order valence-corrected chi connectivity index (χ1v) is 6.09. The van der Waals surface area contributed by atoms with E-state index in [-0.39, 0.29) is 0 Å². The number of hydrogen-bond donors (Lipinski definition) is 1. The van der Waals surface area contributed by atoms with Crippen LogP contribution in [0.1, 0.15) is 13.3 Å². The lowest BCUT2D eigenvalue weighted by atomic mass is 10.1. The molecule has 0 aliphatic heterocycles. The summed E-state index contributed by atoms with van der Waals surface area (Å²) in [6.45, 7) is 4.02. The largest absolute Gasteiger partial charge is 0.375 e. The summed E-state index contributed by atoms with van der Waals surface area (Å²) in [5, 5.41) is 0. The Morgan fingerprint density at radius 3 is 2.47 bits per heavy atom. The molecule has 0 bridgehead atoms. The molecule has 1 aromatic rings. The summed E-state index contributed by atoms with van der Waals surface area (Å²) in [6, 6.07) is 8.38. The Kier molecular flexibility index (Phi) is 5.12. The van der Waals surface area contributed by atoms with Gasteiger partial charge in [0, 0.05) is 23.8 Å². The van der Waals surface area contributed by atoms with Crippen molar-refractivity contribution in [3.8, 4) is 0 Å². The van der Waals surface area contributed by atoms with Crippen LogP contribution in [0.5, 0.6) is 0 Å². The van der Waals surface area contributed by atoms with Crippen LogP contribution >= 0.6 is 15.9 Å². The van der Waals surface area contributed by atoms with Crippen LogP contribution in [-0.2, 0) is 0 Å². The highest BCUT2D eigenvalue weighted by atomic mass is 79.9. The Morgan fingerprint density at radius 1 is 1.33 bits per heavy atom. The average molecular weight is 271 g/mol. The van der Waals surface area contributed by atoms with Gasteiger partial charge in [0.15, 0.2) is 0 Å². The van der Waals surface area contributed by atoms with Crippen molar-refractivity contribution < 1.29 is 0 Å². The molecule has 84 valence electrons. The van der Waals surface area contributed by atoms with Gasteiger partial charge in [0.2, 0.25) is 0 Å². The van der Waals surface area contributed by atoms with Crippen LogP contribution < -0.4 is 10.6 Å². The SMILES string of the molecule is CC(CN)CCN(C)c1ccc(Br)cc1. The van der Waals surface area contributed by atoms with E-state index in [1.165, 1.54) is 5.69 Å². The number of nitrogens with two attached hydrogens (primary N) is 1. The number of nitrogens with zero attached hydrogens (tertiary/aromatic N) is 1. The second kappa shape index (κ2) is 6.13. The zero-order valence-corrected chi connectivity index (χ0v) is 11.0. The van der Waals surface area contributed by atoms with Gasteiger partial charge in [-0.3, -0.25) is 0 Å². The minimum absolute atomic E-state index is 0.600. The van der Waals surface area contributed by atoms with Crippen LogP contribution in [0.15, 0.2) is 28.7 Å². The smallest absolute Gasteiger partial charge is 0.0364 e. The van der Waals surface area contributed by atoms with Gasteiger partial charge in [-0.05, 0) is 43.1 Å². The predicted octanol–water partition coefficient (Wildman–Crippen LogP) is 2.87. The summed E-state index contributed by atoms with van der Waals surface area (Å²) >= 11 is 3.43. The van der Waals surface area contributed by atoms with Crippen molar-refractivity contribution in [2.45, 2.75) is 13.3 Å². The molecule has 0 aliphatic rings. The van der Waals surface area contributed by atoms with E-state index in [0.29, 0.717) is 5.92 Å². The highest BCUT2D eigenvalue weighted by Gasteiger charge is 2.03. The topological polar surface area (TPSA) is 29.3 Å². The van der Waals surface area contributed by atoms with Gasteiger partial charge in [0.25, 0.3) is 0 Å². The predicted molar refractivity (Wildman–Crippen MR) is 70.2 cm³/mol. The van der Waals surface area contributed by atoms with E-state index in [1.807, 2.05) is 0 Å². The molecule has 0 amide bonds. The van der Waals surface area contributed by atoms with Crippen LogP contribution in [0, 0.1) is 5.92 Å². The summed E-state index contributed by atoms with van der Waals surface area (Å²) in [6.07, 6.45) is 1.14. The van der Waals surface area contributed by atoms with Crippen LogP contribution in [0.4, 0.5) is 5.69 Å². The van der Waals surface area contributed by atoms with Gasteiger partial charge in [0.1, 0.15) is 0 Å². The molecule has 1 rings (SSSR count). The zero-order chi connectivity index (χ0) is 11.3. The second-order valence-corrected chi connectivity index (χ2v) is 4.94. The van der Waals surface area contributed by atoms with Gasteiger partial charge in [-0.2, -0.15) is 0 Å². The molecule has 0 aromatic heterocycles. The zero-order valence-electron chi connectivity index (χ0n) is 9.41. The first kappa shape index (κ1) is 12.5. The normalized spacial score (nSPS) is 12.5. The van der Waals surface area contributed by atoms with Crippen LogP contribution in [0.3, 0.4) is 0 Å². The van der Waals surface area contributed by atoms with Crippen LogP contribution in [0.25, 0.3) is 0 Å². The quantitative estimate of drug-likeness (QED) is 0.892. The van der Waals surface area contributed by atoms with Crippen LogP contribution in [-0.4, -0.2) is 20.1 Å². The fourth-order valence-corrected chi connectivity index (χ4v) is 1.62. The van der Waals surface area contributed by atoms with Crippen molar-refractivity contribution in [1.82, 2.24) is 0 Å². The summed E-state index contributed by atoms with van der Waals surface area (Å²) in [5.41, 5.74) is 6.84. The third kappa shape index (κ3) is 4.22. The highest BCUT2D eigenvalue weighted by molar-refractivity contribution is 9.10. The minimum Gasteiger partial charge on any atom is -0.375 e. The Hall–Kier alpha value is -0.540. The molecule has 0 saturated carbocycles. The fourth-order valence-electron chi connectivity index (χ4n) is 1.36. The molecule has 2 nitrogen and oxygen atoms in total. The van der Waals surface area contributed by atoms with Crippen molar-refractivity contribution >= 4 is 21.6 Å². The number of anilines is 1. The van der Waals surface area contributed by atoms with Gasteiger partial charge in [-0.1, -0.05) is 22.9 Å². The first-order chi connectivity index (χ1) is 7.13. The standard InChI is InChI=1S/C12H19BrN2/c1-10(9-14)7-8-15(2)12-5-3-11(13)4-6-12/h3-6,10H,7-9,14H2,1-2H3. The number of halogens is 1. The van der Waals surface area contributed by atoms with E-state index < -0.39 is 0 Å². The van der Waals surface area contributed by atoms with Gasteiger partial charge >= 0.3 is 0 Å². The lowest BCUT2D eigenvalue weighted by Gasteiger charge is -2.21. The molecular weight excluding hydrogens is 252 g/mol. The second-order valence-electron chi connectivity index (χ2n) is 4.03. The minimum atomic E-state index is 0.600. The lowest BCUT2D eigenvalue weighted by Crippen LogP contribution is -2.22. The molecule has 3 heteroatoms. The Bertz CT molecular complexity index is 284. The molecular formula is C12H19BrN2. The first-order valence-electron chi connectivity index (χ1n) is 5.30. The van der Waals surface area contributed by atoms with Crippen molar-refractivity contribution in [3.63, 3.8) is 0 Å². The molecule has 1 atom stereocenters. The summed E-state index contributed by atoms with van der Waals surface area (Å²) in [7, 11) is 2.12. The molecule has 0 spiro atoms. The Morgan fingerprint density at radius 2 is 1.93 bits per heavy atom. The van der Waals surface area contributed by atoms with Gasteiger partial charge in [0.05, 0.1) is 0 Å². The Balaban J connectivity index is 2.46. The summed E-state index contributed by atoms with van der Waals surface area (Å²) < 4.78 is 1.12. The van der Waals surface area contributed by atoms with E-state index in [9.17, 15) is 0 Å². The molecule has 0 heterocycles. The van der Waals surface area contributed by atoms with Crippen molar-refractivity contribution in [3.05, 3.63) is 28.7 Å². The van der Waals surface area contributed by atoms with E-state index in [1.54, 1.807) is 0 Å². The maximum absolute atomic E-state index is 5.59. The van der Waals surface area contributed by atoms with E-state index >= 15 is 0 Å². The maximum atomic E-state index is 5.59. The molecule has 0 saturated heterocycles. The number of benzene rings is 1. The molecule has 1 aromatic carbocycles. The molecule has 0 fully saturated rings. The number of rotatable bonds is 5. The average Bonchev–Trinajstić information content (AvgIpc) is 2.26. The maximum Gasteiger partial charge on any atom is 0.0364 e. The lowest BCUT2D eigenvalue weighted by molar-refractivity contribution is 0.545. The molecule has 0 radical (unpaired) electrons. The van der Waals surface area contributed by atoms with Gasteiger partial charge in [-0.15, -0.1) is 0 Å². The third-order valence-electron chi connectivity index (χ3n) is 2.63. The molecule has 2 N–H and O–H groups in total. The van der Waals surface area contributed by atoms with Gasteiger partial charge in [-0.25, -0.2) is 0 Å². The van der Waals surface area contributed by atoms with Crippen LogP contribution in [0.2, 0.25) is 0 Å². The van der Waals surface area contributed by atoms with Crippen molar-refractivity contribution in [1.29, 1.82) is 0 Å². The fraction of sp³-hybridized carbons (Fsp3) is 0.500. The highest BCUT2D eigenvalue weighted by Crippen LogP contribution is 2.17. The van der Waals surface area contributed by atoms with Crippen molar-refractivity contribution in [2.75, 3.05) is 25.0 Å². The summed E-state index contributed by atoms with van der Waals surface area (Å²) in [5.74, 6) is 0.600. The molecule has 1 unspecified atom stereocenters. The monoisotopic (exact) mass is 270 g/mol.